The van der Waals surface area contributed by atoms with Crippen LogP contribution in [-0.2, 0) is 0 Å². The average molecular weight is 388 g/mol. The van der Waals surface area contributed by atoms with Gasteiger partial charge in [-0.1, -0.05) is 0 Å². The highest BCUT2D eigenvalue weighted by Gasteiger charge is 2.38. The van der Waals surface area contributed by atoms with Crippen molar-refractivity contribution < 1.29 is 9.18 Å². The molecule has 2 heterocycles. The highest BCUT2D eigenvalue weighted by Crippen LogP contribution is 2.37. The first-order valence-corrected chi connectivity index (χ1v) is 8.13. The van der Waals surface area contributed by atoms with Crippen molar-refractivity contribution in [1.82, 2.24) is 10.2 Å². The molecular weight excluding hydrogens is 370 g/mol. The van der Waals surface area contributed by atoms with Crippen molar-refractivity contribution in [2.45, 2.75) is 19.3 Å². The van der Waals surface area contributed by atoms with E-state index in [9.17, 15) is 9.18 Å². The van der Waals surface area contributed by atoms with Crippen LogP contribution < -0.4 is 5.32 Å². The minimum absolute atomic E-state index is 0.0372. The average Bonchev–Trinajstić information content (AvgIpc) is 2.87. The Bertz CT molecular complexity index is 519. The lowest BCUT2D eigenvalue weighted by Gasteiger charge is -2.39. The molecule has 2 saturated heterocycles. The van der Waals surface area contributed by atoms with E-state index in [-0.39, 0.29) is 11.7 Å². The van der Waals surface area contributed by atoms with Gasteiger partial charge >= 0.3 is 0 Å². The highest BCUT2D eigenvalue weighted by molar-refractivity contribution is 14.1. The molecule has 2 aliphatic rings. The Morgan fingerprint density at radius 2 is 2.05 bits per heavy atom. The van der Waals surface area contributed by atoms with Crippen LogP contribution in [0.3, 0.4) is 0 Å². The zero-order chi connectivity index (χ0) is 14.2. The van der Waals surface area contributed by atoms with Gasteiger partial charge in [0.15, 0.2) is 0 Å². The molecule has 0 aliphatic carbocycles. The molecule has 20 heavy (non-hydrogen) atoms. The number of carbonyl (C=O) groups excluding carboxylic acids is 1. The molecule has 1 N–H and O–H groups in total. The second-order valence-electron chi connectivity index (χ2n) is 5.84. The highest BCUT2D eigenvalue weighted by atomic mass is 127. The van der Waals surface area contributed by atoms with Crippen LogP contribution in [0, 0.1) is 14.8 Å². The monoisotopic (exact) mass is 388 g/mol. The van der Waals surface area contributed by atoms with Gasteiger partial charge in [0.25, 0.3) is 5.91 Å². The Hall–Kier alpha value is -0.690. The number of hydrogen-bond donors (Lipinski definition) is 1. The molecular formula is C15H18FIN2O. The number of carbonyl (C=O) groups is 1. The standard InChI is InChI=1S/C15H18FIN2O/c16-11-1-2-12(13(17)9-11)14(20)19-7-4-15(5-8-19)3-6-18-10-15/h1-2,9,18H,3-8,10H2. The summed E-state index contributed by atoms with van der Waals surface area (Å²) < 4.78 is 13.8. The van der Waals surface area contributed by atoms with E-state index in [1.165, 1.54) is 18.6 Å². The summed E-state index contributed by atoms with van der Waals surface area (Å²) in [4.78, 5) is 14.4. The van der Waals surface area contributed by atoms with Crippen LogP contribution in [0.5, 0.6) is 0 Å². The fourth-order valence-electron chi connectivity index (χ4n) is 3.24. The summed E-state index contributed by atoms with van der Waals surface area (Å²) in [6.07, 6.45) is 3.37. The number of nitrogens with zero attached hydrogens (tertiary/aromatic N) is 1. The van der Waals surface area contributed by atoms with Gasteiger partial charge in [0.1, 0.15) is 5.82 Å². The third-order valence-electron chi connectivity index (χ3n) is 4.60. The number of likely N-dealkylation sites (tertiary alicyclic amines) is 1. The van der Waals surface area contributed by atoms with Gasteiger partial charge in [-0.25, -0.2) is 4.39 Å². The van der Waals surface area contributed by atoms with Crippen molar-refractivity contribution in [3.63, 3.8) is 0 Å². The van der Waals surface area contributed by atoms with E-state index in [0.717, 1.165) is 39.0 Å². The Morgan fingerprint density at radius 3 is 2.65 bits per heavy atom. The lowest BCUT2D eigenvalue weighted by Crippen LogP contribution is -2.44. The van der Waals surface area contributed by atoms with Crippen molar-refractivity contribution in [2.75, 3.05) is 26.2 Å². The minimum atomic E-state index is -0.291. The predicted molar refractivity (Wildman–Crippen MR) is 84.2 cm³/mol. The molecule has 1 amide bonds. The Labute approximate surface area is 132 Å². The van der Waals surface area contributed by atoms with Gasteiger partial charge < -0.3 is 10.2 Å². The fraction of sp³-hybridized carbons (Fsp3) is 0.533. The lowest BCUT2D eigenvalue weighted by molar-refractivity contribution is 0.0606. The molecule has 3 nitrogen and oxygen atoms in total. The van der Waals surface area contributed by atoms with Crippen molar-refractivity contribution in [1.29, 1.82) is 0 Å². The number of benzene rings is 1. The Kier molecular flexibility index (Phi) is 3.99. The topological polar surface area (TPSA) is 32.3 Å². The van der Waals surface area contributed by atoms with Crippen LogP contribution in [0.1, 0.15) is 29.6 Å². The third-order valence-corrected chi connectivity index (χ3v) is 5.50. The van der Waals surface area contributed by atoms with E-state index in [2.05, 4.69) is 5.32 Å². The van der Waals surface area contributed by atoms with Crippen molar-refractivity contribution in [3.8, 4) is 0 Å². The number of halogens is 2. The van der Waals surface area contributed by atoms with Crippen LogP contribution >= 0.6 is 22.6 Å². The SMILES string of the molecule is O=C(c1ccc(F)cc1I)N1CCC2(CCNC2)CC1. The summed E-state index contributed by atoms with van der Waals surface area (Å²) in [6.45, 7) is 3.81. The Morgan fingerprint density at radius 1 is 1.30 bits per heavy atom. The van der Waals surface area contributed by atoms with Gasteiger partial charge in [-0.2, -0.15) is 0 Å². The van der Waals surface area contributed by atoms with Crippen molar-refractivity contribution >= 4 is 28.5 Å². The molecule has 0 radical (unpaired) electrons. The molecule has 0 aromatic heterocycles. The largest absolute Gasteiger partial charge is 0.339 e. The number of hydrogen-bond acceptors (Lipinski definition) is 2. The van der Waals surface area contributed by atoms with Crippen LogP contribution in [0.2, 0.25) is 0 Å². The summed E-state index contributed by atoms with van der Waals surface area (Å²) in [5, 5.41) is 3.43. The number of rotatable bonds is 1. The smallest absolute Gasteiger partial charge is 0.254 e. The molecule has 1 spiro atoms. The van der Waals surface area contributed by atoms with Gasteiger partial charge in [-0.3, -0.25) is 4.79 Å². The maximum Gasteiger partial charge on any atom is 0.254 e. The van der Waals surface area contributed by atoms with Gasteiger partial charge in [0.2, 0.25) is 0 Å². The quantitative estimate of drug-likeness (QED) is 0.751. The maximum absolute atomic E-state index is 13.1. The maximum atomic E-state index is 13.1. The predicted octanol–water partition coefficient (Wildman–Crippen LogP) is 2.65. The van der Waals surface area contributed by atoms with Crippen molar-refractivity contribution in [2.24, 2.45) is 5.41 Å². The van der Waals surface area contributed by atoms with Crippen LogP contribution in [0.25, 0.3) is 0 Å². The van der Waals surface area contributed by atoms with Gasteiger partial charge in [-0.15, -0.1) is 0 Å². The van der Waals surface area contributed by atoms with E-state index in [4.69, 9.17) is 0 Å². The zero-order valence-corrected chi connectivity index (χ0v) is 13.5. The first kappa shape index (κ1) is 14.3. The molecule has 0 saturated carbocycles. The molecule has 0 atom stereocenters. The molecule has 2 aliphatic heterocycles. The fourth-order valence-corrected chi connectivity index (χ4v) is 3.95. The molecule has 2 fully saturated rings. The summed E-state index contributed by atoms with van der Waals surface area (Å²) in [5.41, 5.74) is 1.03. The summed E-state index contributed by atoms with van der Waals surface area (Å²) in [6, 6.07) is 4.38. The normalized spacial score (nSPS) is 21.4. The molecule has 3 rings (SSSR count). The van der Waals surface area contributed by atoms with Gasteiger partial charge in [0.05, 0.1) is 5.56 Å². The molecule has 0 unspecified atom stereocenters. The van der Waals surface area contributed by atoms with Crippen LogP contribution in [0.15, 0.2) is 18.2 Å². The summed E-state index contributed by atoms with van der Waals surface area (Å²) in [5.74, 6) is -0.254. The van der Waals surface area contributed by atoms with Crippen molar-refractivity contribution in [3.05, 3.63) is 33.1 Å². The first-order valence-electron chi connectivity index (χ1n) is 7.05. The summed E-state index contributed by atoms with van der Waals surface area (Å²) in [7, 11) is 0. The van der Waals surface area contributed by atoms with E-state index in [1.807, 2.05) is 27.5 Å². The first-order chi connectivity index (χ1) is 9.60. The van der Waals surface area contributed by atoms with E-state index >= 15 is 0 Å². The van der Waals surface area contributed by atoms with Gasteiger partial charge in [0, 0.05) is 23.2 Å². The Balaban J connectivity index is 1.69. The second-order valence-corrected chi connectivity index (χ2v) is 7.01. The molecule has 1 aromatic rings. The van der Waals surface area contributed by atoms with E-state index in [1.54, 1.807) is 6.07 Å². The zero-order valence-electron chi connectivity index (χ0n) is 11.3. The van der Waals surface area contributed by atoms with Gasteiger partial charge in [-0.05, 0) is 72.0 Å². The minimum Gasteiger partial charge on any atom is -0.339 e. The molecule has 108 valence electrons. The number of nitrogens with one attached hydrogen (secondary N) is 1. The van der Waals surface area contributed by atoms with E-state index in [0.29, 0.717) is 14.5 Å². The second kappa shape index (κ2) is 5.60. The lowest BCUT2D eigenvalue weighted by atomic mass is 9.78. The van der Waals surface area contributed by atoms with E-state index < -0.39 is 0 Å². The van der Waals surface area contributed by atoms with Crippen LogP contribution in [0.4, 0.5) is 4.39 Å². The molecule has 5 heteroatoms. The van der Waals surface area contributed by atoms with Crippen LogP contribution in [-0.4, -0.2) is 37.0 Å². The molecule has 1 aromatic carbocycles. The summed E-state index contributed by atoms with van der Waals surface area (Å²) >= 11 is 2.03. The molecule has 0 bridgehead atoms. The number of amides is 1. The number of piperidine rings is 1. The third kappa shape index (κ3) is 2.70.